The molecule has 0 aliphatic rings. The summed E-state index contributed by atoms with van der Waals surface area (Å²) in [5, 5.41) is 3.47. The third-order valence-corrected chi connectivity index (χ3v) is 3.14. The van der Waals surface area contributed by atoms with Gasteiger partial charge in [0, 0.05) is 18.6 Å². The number of hydrogen-bond donors (Lipinski definition) is 1. The average Bonchev–Trinajstić information content (AvgIpc) is 2.29. The number of rotatable bonds is 7. The van der Waals surface area contributed by atoms with Crippen LogP contribution in [0.4, 0.5) is 0 Å². The van der Waals surface area contributed by atoms with Crippen LogP contribution in [0.25, 0.3) is 0 Å². The Balaban J connectivity index is 2.29. The Bertz CT molecular complexity index is 295. The lowest BCUT2D eigenvalue weighted by atomic mass is 10.1. The largest absolute Gasteiger partial charge is 0.314 e. The Kier molecular flexibility index (Phi) is 6.23. The lowest BCUT2D eigenvalue weighted by molar-refractivity contribution is 0.235. The molecule has 1 N–H and O–H groups in total. The minimum Gasteiger partial charge on any atom is -0.314 e. The summed E-state index contributed by atoms with van der Waals surface area (Å²) in [5.41, 5.74) is 1.39. The zero-order valence-electron chi connectivity index (χ0n) is 11.6. The molecule has 1 aromatic rings. The highest BCUT2D eigenvalue weighted by Crippen LogP contribution is 2.07. The van der Waals surface area contributed by atoms with Crippen molar-refractivity contribution in [2.24, 2.45) is 0 Å². The molecule has 0 saturated carbocycles. The van der Waals surface area contributed by atoms with Crippen molar-refractivity contribution in [3.8, 4) is 0 Å². The van der Waals surface area contributed by atoms with Crippen LogP contribution in [0.1, 0.15) is 32.8 Å². The zero-order chi connectivity index (χ0) is 12.7. The number of nitrogens with one attached hydrogen (secondary N) is 1. The van der Waals surface area contributed by atoms with E-state index in [4.69, 9.17) is 0 Å². The van der Waals surface area contributed by atoms with Crippen molar-refractivity contribution >= 4 is 0 Å². The van der Waals surface area contributed by atoms with E-state index in [1.54, 1.807) is 0 Å². The Morgan fingerprint density at radius 1 is 1.12 bits per heavy atom. The number of benzene rings is 1. The van der Waals surface area contributed by atoms with Crippen molar-refractivity contribution in [3.63, 3.8) is 0 Å². The monoisotopic (exact) mass is 234 g/mol. The molecule has 0 saturated heterocycles. The van der Waals surface area contributed by atoms with Crippen molar-refractivity contribution in [3.05, 3.63) is 35.9 Å². The van der Waals surface area contributed by atoms with Crippen LogP contribution in [0.15, 0.2) is 30.3 Å². The van der Waals surface area contributed by atoms with Gasteiger partial charge in [0.05, 0.1) is 0 Å². The van der Waals surface area contributed by atoms with Gasteiger partial charge in [-0.25, -0.2) is 0 Å². The van der Waals surface area contributed by atoms with Crippen molar-refractivity contribution in [2.45, 2.75) is 45.8 Å². The molecule has 0 bridgehead atoms. The Morgan fingerprint density at radius 2 is 1.76 bits per heavy atom. The molecule has 0 aliphatic carbocycles. The fourth-order valence-electron chi connectivity index (χ4n) is 1.83. The Hall–Kier alpha value is -0.860. The molecule has 1 aromatic carbocycles. The van der Waals surface area contributed by atoms with Gasteiger partial charge in [0.1, 0.15) is 0 Å². The first-order valence-electron chi connectivity index (χ1n) is 6.57. The van der Waals surface area contributed by atoms with Gasteiger partial charge >= 0.3 is 0 Å². The summed E-state index contributed by atoms with van der Waals surface area (Å²) in [6.45, 7) is 8.81. The van der Waals surface area contributed by atoms with Gasteiger partial charge in [-0.15, -0.1) is 0 Å². The lowest BCUT2D eigenvalue weighted by Crippen LogP contribution is -2.33. The first-order valence-corrected chi connectivity index (χ1v) is 6.57. The summed E-state index contributed by atoms with van der Waals surface area (Å²) in [6.07, 6.45) is 1.20. The summed E-state index contributed by atoms with van der Waals surface area (Å²) >= 11 is 0. The molecule has 0 radical (unpaired) electrons. The highest BCUT2D eigenvalue weighted by molar-refractivity contribution is 5.14. The summed E-state index contributed by atoms with van der Waals surface area (Å²) in [6, 6.07) is 11.9. The topological polar surface area (TPSA) is 15.3 Å². The number of hydrogen-bond acceptors (Lipinski definition) is 2. The maximum atomic E-state index is 3.47. The summed E-state index contributed by atoms with van der Waals surface area (Å²) in [5.74, 6) is 0. The van der Waals surface area contributed by atoms with E-state index in [1.165, 1.54) is 12.0 Å². The van der Waals surface area contributed by atoms with Crippen LogP contribution in [0, 0.1) is 0 Å². The van der Waals surface area contributed by atoms with Crippen LogP contribution >= 0.6 is 0 Å². The minimum absolute atomic E-state index is 0.585. The first-order chi connectivity index (χ1) is 8.09. The highest BCUT2D eigenvalue weighted by atomic mass is 15.1. The van der Waals surface area contributed by atoms with Gasteiger partial charge in [-0.1, -0.05) is 44.2 Å². The van der Waals surface area contributed by atoms with Crippen LogP contribution in [0.3, 0.4) is 0 Å². The summed E-state index contributed by atoms with van der Waals surface area (Å²) < 4.78 is 0. The number of nitrogens with zero attached hydrogens (tertiary/aromatic N) is 1. The zero-order valence-corrected chi connectivity index (χ0v) is 11.6. The molecule has 0 spiro atoms. The SMILES string of the molecule is CC(C)NCCC(C)N(C)Cc1ccccc1. The molecule has 2 heteroatoms. The quantitative estimate of drug-likeness (QED) is 0.780. The maximum Gasteiger partial charge on any atom is 0.0233 e. The van der Waals surface area contributed by atoms with E-state index in [0.717, 1.165) is 13.1 Å². The van der Waals surface area contributed by atoms with Crippen molar-refractivity contribution in [2.75, 3.05) is 13.6 Å². The molecule has 96 valence electrons. The predicted octanol–water partition coefficient (Wildman–Crippen LogP) is 2.90. The third-order valence-electron chi connectivity index (χ3n) is 3.14. The fourth-order valence-corrected chi connectivity index (χ4v) is 1.83. The van der Waals surface area contributed by atoms with Crippen molar-refractivity contribution in [1.82, 2.24) is 10.2 Å². The van der Waals surface area contributed by atoms with E-state index in [2.05, 4.69) is 68.4 Å². The molecule has 1 atom stereocenters. The molecule has 0 amide bonds. The van der Waals surface area contributed by atoms with Gasteiger partial charge in [-0.3, -0.25) is 4.90 Å². The lowest BCUT2D eigenvalue weighted by Gasteiger charge is -2.25. The van der Waals surface area contributed by atoms with E-state index >= 15 is 0 Å². The second-order valence-corrected chi connectivity index (χ2v) is 5.15. The molecule has 1 rings (SSSR count). The van der Waals surface area contributed by atoms with E-state index < -0.39 is 0 Å². The van der Waals surface area contributed by atoms with E-state index in [0.29, 0.717) is 12.1 Å². The average molecular weight is 234 g/mol. The normalized spacial score (nSPS) is 13.3. The van der Waals surface area contributed by atoms with E-state index in [1.807, 2.05) is 0 Å². The molecule has 0 heterocycles. The van der Waals surface area contributed by atoms with E-state index in [9.17, 15) is 0 Å². The second-order valence-electron chi connectivity index (χ2n) is 5.15. The minimum atomic E-state index is 0.585. The van der Waals surface area contributed by atoms with Gasteiger partial charge in [0.15, 0.2) is 0 Å². The van der Waals surface area contributed by atoms with E-state index in [-0.39, 0.29) is 0 Å². The molecule has 0 fully saturated rings. The summed E-state index contributed by atoms with van der Waals surface area (Å²) in [4.78, 5) is 2.41. The molecule has 17 heavy (non-hydrogen) atoms. The van der Waals surface area contributed by atoms with Gasteiger partial charge in [0.25, 0.3) is 0 Å². The maximum absolute atomic E-state index is 3.47. The van der Waals surface area contributed by atoms with Gasteiger partial charge in [-0.2, -0.15) is 0 Å². The van der Waals surface area contributed by atoms with Crippen molar-refractivity contribution in [1.29, 1.82) is 0 Å². The van der Waals surface area contributed by atoms with Crippen LogP contribution in [0.2, 0.25) is 0 Å². The molecule has 1 unspecified atom stereocenters. The van der Waals surface area contributed by atoms with Crippen molar-refractivity contribution < 1.29 is 0 Å². The molecule has 2 nitrogen and oxygen atoms in total. The molecular formula is C15H26N2. The molecule has 0 aromatic heterocycles. The third kappa shape index (κ3) is 5.85. The first kappa shape index (κ1) is 14.2. The van der Waals surface area contributed by atoms with Crippen LogP contribution < -0.4 is 5.32 Å². The Labute approximate surface area is 106 Å². The predicted molar refractivity (Wildman–Crippen MR) is 75.1 cm³/mol. The van der Waals surface area contributed by atoms with Crippen LogP contribution in [0.5, 0.6) is 0 Å². The molecular weight excluding hydrogens is 208 g/mol. The fraction of sp³-hybridized carbons (Fsp3) is 0.600. The summed E-state index contributed by atoms with van der Waals surface area (Å²) in [7, 11) is 2.20. The standard InChI is InChI=1S/C15H26N2/c1-13(2)16-11-10-14(3)17(4)12-15-8-6-5-7-9-15/h5-9,13-14,16H,10-12H2,1-4H3. The van der Waals surface area contributed by atoms with Crippen LogP contribution in [-0.2, 0) is 6.54 Å². The van der Waals surface area contributed by atoms with Gasteiger partial charge in [-0.05, 0) is 32.5 Å². The highest BCUT2D eigenvalue weighted by Gasteiger charge is 2.09. The second kappa shape index (κ2) is 7.46. The van der Waals surface area contributed by atoms with Crippen LogP contribution in [-0.4, -0.2) is 30.6 Å². The smallest absolute Gasteiger partial charge is 0.0233 e. The van der Waals surface area contributed by atoms with Gasteiger partial charge in [0.2, 0.25) is 0 Å². The van der Waals surface area contributed by atoms with Gasteiger partial charge < -0.3 is 5.32 Å². The molecule has 0 aliphatic heterocycles. The Morgan fingerprint density at radius 3 is 2.35 bits per heavy atom.